The van der Waals surface area contributed by atoms with Gasteiger partial charge in [-0.05, 0) is 46.8 Å². The first kappa shape index (κ1) is 9.23. The molecule has 0 aromatic heterocycles. The van der Waals surface area contributed by atoms with Crippen LogP contribution in [0.3, 0.4) is 0 Å². The molecular weight excluding hydrogens is 204 g/mol. The second kappa shape index (κ2) is 3.10. The SMILES string of the molecule is CC1=CCC2=CC=C3C=CC=C4C=CC1=C2C43. The Bertz CT molecular complexity index is 625. The van der Waals surface area contributed by atoms with Crippen molar-refractivity contribution in [2.24, 2.45) is 5.92 Å². The van der Waals surface area contributed by atoms with Crippen LogP contribution in [0.1, 0.15) is 13.3 Å². The van der Waals surface area contributed by atoms with Crippen molar-refractivity contribution in [3.8, 4) is 0 Å². The van der Waals surface area contributed by atoms with Crippen molar-refractivity contribution in [1.29, 1.82) is 0 Å². The second-order valence-electron chi connectivity index (χ2n) is 5.07. The van der Waals surface area contributed by atoms with Crippen LogP contribution in [0.25, 0.3) is 0 Å². The van der Waals surface area contributed by atoms with Gasteiger partial charge < -0.3 is 0 Å². The molecule has 0 aromatic rings. The van der Waals surface area contributed by atoms with Crippen LogP contribution in [-0.2, 0) is 0 Å². The van der Waals surface area contributed by atoms with E-state index >= 15 is 0 Å². The van der Waals surface area contributed by atoms with Crippen molar-refractivity contribution < 1.29 is 0 Å². The zero-order valence-electron chi connectivity index (χ0n) is 9.90. The quantitative estimate of drug-likeness (QED) is 0.572. The lowest BCUT2D eigenvalue weighted by molar-refractivity contribution is 0.825. The standard InChI is InChI=1S/C17H14/c1-11-5-6-14-8-7-12-3-2-4-13-9-10-15(11)17(14)16(12)13/h2-5,7-10,16H,6H2,1H3. The van der Waals surface area contributed by atoms with Crippen LogP contribution in [0.2, 0.25) is 0 Å². The Balaban J connectivity index is 2.04. The summed E-state index contributed by atoms with van der Waals surface area (Å²) in [6.07, 6.45) is 19.3. The molecule has 0 N–H and O–H groups in total. The van der Waals surface area contributed by atoms with Crippen molar-refractivity contribution in [3.05, 3.63) is 82.0 Å². The summed E-state index contributed by atoms with van der Waals surface area (Å²) in [5.41, 5.74) is 8.83. The number of rotatable bonds is 0. The van der Waals surface area contributed by atoms with Gasteiger partial charge in [-0.2, -0.15) is 0 Å². The first-order valence-electron chi connectivity index (χ1n) is 6.23. The maximum absolute atomic E-state index is 2.35. The molecule has 17 heavy (non-hydrogen) atoms. The summed E-state index contributed by atoms with van der Waals surface area (Å²) in [5.74, 6) is 0.503. The average Bonchev–Trinajstić information content (AvgIpc) is 2.38. The predicted molar refractivity (Wildman–Crippen MR) is 71.4 cm³/mol. The minimum absolute atomic E-state index is 0.503. The van der Waals surface area contributed by atoms with E-state index in [0.717, 1.165) is 6.42 Å². The third-order valence-corrected chi connectivity index (χ3v) is 4.14. The zero-order valence-corrected chi connectivity index (χ0v) is 9.90. The Morgan fingerprint density at radius 1 is 1.00 bits per heavy atom. The molecule has 0 nitrogen and oxygen atoms in total. The van der Waals surface area contributed by atoms with Gasteiger partial charge >= 0.3 is 0 Å². The first-order valence-corrected chi connectivity index (χ1v) is 6.23. The summed E-state index contributed by atoms with van der Waals surface area (Å²) in [6.45, 7) is 2.23. The molecule has 4 rings (SSSR count). The lowest BCUT2D eigenvalue weighted by Crippen LogP contribution is -2.21. The molecule has 0 heteroatoms. The van der Waals surface area contributed by atoms with Gasteiger partial charge in [0.25, 0.3) is 0 Å². The Labute approximate surface area is 102 Å². The van der Waals surface area contributed by atoms with Crippen LogP contribution < -0.4 is 0 Å². The minimum atomic E-state index is 0.503. The van der Waals surface area contributed by atoms with E-state index in [1.807, 2.05) is 0 Å². The average molecular weight is 218 g/mol. The van der Waals surface area contributed by atoms with E-state index in [1.54, 1.807) is 5.57 Å². The fraction of sp³-hybridized carbons (Fsp3) is 0.176. The van der Waals surface area contributed by atoms with Gasteiger partial charge in [-0.25, -0.2) is 0 Å². The second-order valence-corrected chi connectivity index (χ2v) is 5.07. The van der Waals surface area contributed by atoms with Crippen LogP contribution in [0.5, 0.6) is 0 Å². The number of allylic oxidation sites excluding steroid dienone is 14. The minimum Gasteiger partial charge on any atom is -0.0766 e. The third kappa shape index (κ3) is 1.13. The lowest BCUT2D eigenvalue weighted by Gasteiger charge is -2.36. The largest absolute Gasteiger partial charge is 0.0766 e. The molecule has 0 bridgehead atoms. The summed E-state index contributed by atoms with van der Waals surface area (Å²) in [6, 6.07) is 0. The van der Waals surface area contributed by atoms with E-state index in [0.29, 0.717) is 5.92 Å². The van der Waals surface area contributed by atoms with E-state index in [9.17, 15) is 0 Å². The van der Waals surface area contributed by atoms with Crippen LogP contribution >= 0.6 is 0 Å². The molecule has 4 aliphatic rings. The fourth-order valence-corrected chi connectivity index (χ4v) is 3.26. The van der Waals surface area contributed by atoms with Crippen LogP contribution in [0, 0.1) is 5.92 Å². The highest BCUT2D eigenvalue weighted by Crippen LogP contribution is 2.47. The summed E-state index contributed by atoms with van der Waals surface area (Å²) >= 11 is 0. The maximum atomic E-state index is 2.35. The highest BCUT2D eigenvalue weighted by Gasteiger charge is 2.32. The predicted octanol–water partition coefficient (Wildman–Crippen LogP) is 4.18. The van der Waals surface area contributed by atoms with E-state index in [-0.39, 0.29) is 0 Å². The maximum Gasteiger partial charge on any atom is 0.0348 e. The topological polar surface area (TPSA) is 0 Å². The van der Waals surface area contributed by atoms with Gasteiger partial charge in [0, 0.05) is 5.92 Å². The monoisotopic (exact) mass is 218 g/mol. The fourth-order valence-electron chi connectivity index (χ4n) is 3.26. The van der Waals surface area contributed by atoms with Gasteiger partial charge in [0.1, 0.15) is 0 Å². The smallest absolute Gasteiger partial charge is 0.0348 e. The normalized spacial score (nSPS) is 28.2. The van der Waals surface area contributed by atoms with Gasteiger partial charge in [0.15, 0.2) is 0 Å². The van der Waals surface area contributed by atoms with Crippen molar-refractivity contribution in [3.63, 3.8) is 0 Å². The Morgan fingerprint density at radius 2 is 1.88 bits per heavy atom. The summed E-state index contributed by atoms with van der Waals surface area (Å²) in [4.78, 5) is 0. The molecule has 0 radical (unpaired) electrons. The molecule has 4 aliphatic carbocycles. The molecule has 0 aromatic carbocycles. The van der Waals surface area contributed by atoms with Crippen molar-refractivity contribution >= 4 is 0 Å². The zero-order chi connectivity index (χ0) is 11.4. The van der Waals surface area contributed by atoms with Gasteiger partial charge in [-0.3, -0.25) is 0 Å². The molecule has 0 heterocycles. The van der Waals surface area contributed by atoms with Gasteiger partial charge in [-0.15, -0.1) is 0 Å². The molecule has 0 spiro atoms. The van der Waals surface area contributed by atoms with Crippen molar-refractivity contribution in [2.75, 3.05) is 0 Å². The number of hydrogen-bond acceptors (Lipinski definition) is 0. The van der Waals surface area contributed by atoms with Gasteiger partial charge in [-0.1, -0.05) is 48.6 Å². The van der Waals surface area contributed by atoms with E-state index in [1.165, 1.54) is 27.9 Å². The highest BCUT2D eigenvalue weighted by molar-refractivity contribution is 5.68. The third-order valence-electron chi connectivity index (χ3n) is 4.14. The van der Waals surface area contributed by atoms with Crippen LogP contribution in [0.4, 0.5) is 0 Å². The highest BCUT2D eigenvalue weighted by atomic mass is 14.4. The van der Waals surface area contributed by atoms with E-state index in [2.05, 4.69) is 55.5 Å². The molecular formula is C17H14. The number of hydrogen-bond donors (Lipinski definition) is 0. The summed E-state index contributed by atoms with van der Waals surface area (Å²) < 4.78 is 0. The van der Waals surface area contributed by atoms with Crippen LogP contribution in [0.15, 0.2) is 82.0 Å². The molecule has 0 amide bonds. The Hall–Kier alpha value is -1.82. The molecule has 0 saturated carbocycles. The van der Waals surface area contributed by atoms with Crippen LogP contribution in [-0.4, -0.2) is 0 Å². The molecule has 1 unspecified atom stereocenters. The Kier molecular flexibility index (Phi) is 1.69. The van der Waals surface area contributed by atoms with E-state index in [4.69, 9.17) is 0 Å². The van der Waals surface area contributed by atoms with Crippen molar-refractivity contribution in [2.45, 2.75) is 13.3 Å². The molecule has 0 saturated heterocycles. The molecule has 82 valence electrons. The molecule has 0 fully saturated rings. The summed E-state index contributed by atoms with van der Waals surface area (Å²) in [7, 11) is 0. The van der Waals surface area contributed by atoms with Gasteiger partial charge in [0.05, 0.1) is 0 Å². The summed E-state index contributed by atoms with van der Waals surface area (Å²) in [5, 5.41) is 0. The van der Waals surface area contributed by atoms with E-state index < -0.39 is 0 Å². The molecule has 1 atom stereocenters. The molecule has 0 aliphatic heterocycles. The lowest BCUT2D eigenvalue weighted by atomic mass is 9.68. The Morgan fingerprint density at radius 3 is 2.82 bits per heavy atom. The van der Waals surface area contributed by atoms with Gasteiger partial charge in [0.2, 0.25) is 0 Å². The first-order chi connectivity index (χ1) is 8.34. The van der Waals surface area contributed by atoms with Crippen molar-refractivity contribution in [1.82, 2.24) is 0 Å².